The van der Waals surface area contributed by atoms with Crippen molar-refractivity contribution in [2.24, 2.45) is 0 Å². The van der Waals surface area contributed by atoms with Crippen LogP contribution in [0, 0.1) is 0 Å². The molecule has 0 bridgehead atoms. The molecule has 3 aromatic rings. The first kappa shape index (κ1) is 26.7. The summed E-state index contributed by atoms with van der Waals surface area (Å²) >= 11 is 0. The Morgan fingerprint density at radius 3 is 2.29 bits per heavy atom. The van der Waals surface area contributed by atoms with Gasteiger partial charge >= 0.3 is 6.16 Å². The molecule has 0 aromatic heterocycles. The van der Waals surface area contributed by atoms with Crippen LogP contribution in [0.1, 0.15) is 11.1 Å². The number of nitrogens with zero attached hydrogens (tertiary/aromatic N) is 2. The summed E-state index contributed by atoms with van der Waals surface area (Å²) in [4.78, 5) is 26.1. The largest absolute Gasteiger partial charge is 0.511 e. The lowest BCUT2D eigenvalue weighted by Gasteiger charge is -2.24. The number of hydrogen-bond acceptors (Lipinski definition) is 7. The van der Waals surface area contributed by atoms with E-state index in [2.05, 4.69) is 10.6 Å². The molecule has 0 saturated carbocycles. The van der Waals surface area contributed by atoms with E-state index in [1.807, 2.05) is 49.3 Å². The predicted octanol–water partition coefficient (Wildman–Crippen LogP) is 4.00. The molecule has 3 aromatic carbocycles. The summed E-state index contributed by atoms with van der Waals surface area (Å²) in [6, 6.07) is 20.7. The first-order valence-electron chi connectivity index (χ1n) is 11.7. The summed E-state index contributed by atoms with van der Waals surface area (Å²) in [5, 5.41) is 15.1. The van der Waals surface area contributed by atoms with Crippen LogP contribution in [0.25, 0.3) is 11.3 Å². The first-order chi connectivity index (χ1) is 18.0. The number of carbonyl (C=O) groups is 2. The summed E-state index contributed by atoms with van der Waals surface area (Å²) < 4.78 is 31.0. The highest BCUT2D eigenvalue weighted by atomic mass is 32.2. The summed E-state index contributed by atoms with van der Waals surface area (Å²) in [5.74, 6) is -0.275. The third-order valence-corrected chi connectivity index (χ3v) is 7.02. The molecular formula is C27H28N4O6S. The third-order valence-electron chi connectivity index (χ3n) is 5.83. The Hall–Kier alpha value is -4.35. The average Bonchev–Trinajstić information content (AvgIpc) is 3.17. The minimum atomic E-state index is -3.49. The number of sulfonamides is 1. The van der Waals surface area contributed by atoms with E-state index < -0.39 is 16.2 Å². The zero-order valence-corrected chi connectivity index (χ0v) is 22.0. The van der Waals surface area contributed by atoms with Crippen molar-refractivity contribution in [1.82, 2.24) is 4.90 Å². The van der Waals surface area contributed by atoms with Crippen LogP contribution in [-0.4, -0.2) is 63.9 Å². The van der Waals surface area contributed by atoms with Crippen LogP contribution < -0.4 is 19.7 Å². The van der Waals surface area contributed by atoms with Gasteiger partial charge in [0.2, 0.25) is 10.0 Å². The number of anilines is 3. The SMILES string of the molecule is CN(C)CCN(c1ccc(N/C(=C2\C(=O)Nc3ccc(OC(=O)O)cc32)c2ccccc2)cc1)S(C)(=O)=O. The smallest absolute Gasteiger partial charge is 0.449 e. The van der Waals surface area contributed by atoms with Gasteiger partial charge in [-0.25, -0.2) is 13.2 Å². The number of likely N-dealkylation sites (N-methyl/N-ethyl adjacent to an activating group) is 1. The lowest BCUT2D eigenvalue weighted by atomic mass is 9.99. The molecule has 4 rings (SSSR count). The summed E-state index contributed by atoms with van der Waals surface area (Å²) in [6.45, 7) is 0.856. The fourth-order valence-electron chi connectivity index (χ4n) is 4.08. The van der Waals surface area contributed by atoms with Crippen molar-refractivity contribution in [3.63, 3.8) is 0 Å². The van der Waals surface area contributed by atoms with Gasteiger partial charge < -0.3 is 25.4 Å². The highest BCUT2D eigenvalue weighted by Gasteiger charge is 2.29. The Balaban J connectivity index is 1.75. The standard InChI is InChI=1S/C27H28N4O6S/c1-30(2)15-16-31(38(3,35)36)20-11-9-19(10-12-20)28-25(18-7-5-4-6-8-18)24-22-17-21(37-27(33)34)13-14-23(22)29-26(24)32/h4-14,17,28H,15-16H2,1-3H3,(H,29,32)(H,33,34)/b25-24-. The minimum Gasteiger partial charge on any atom is -0.449 e. The van der Waals surface area contributed by atoms with Gasteiger partial charge in [-0.05, 0) is 62.1 Å². The first-order valence-corrected chi connectivity index (χ1v) is 13.5. The molecule has 0 fully saturated rings. The molecule has 198 valence electrons. The quantitative estimate of drug-likeness (QED) is 0.213. The van der Waals surface area contributed by atoms with E-state index in [0.717, 1.165) is 5.56 Å². The number of nitrogens with one attached hydrogen (secondary N) is 2. The predicted molar refractivity (Wildman–Crippen MR) is 148 cm³/mol. The summed E-state index contributed by atoms with van der Waals surface area (Å²) in [6.07, 6.45) is -0.284. The van der Waals surface area contributed by atoms with Crippen molar-refractivity contribution >= 4 is 50.4 Å². The number of benzene rings is 3. The van der Waals surface area contributed by atoms with Crippen LogP contribution >= 0.6 is 0 Å². The van der Waals surface area contributed by atoms with Gasteiger partial charge in [0, 0.05) is 30.0 Å². The number of ether oxygens (including phenoxy) is 1. The second kappa shape index (κ2) is 11.0. The van der Waals surface area contributed by atoms with Gasteiger partial charge in [0.1, 0.15) is 5.75 Å². The molecule has 1 amide bonds. The normalized spacial score (nSPS) is 14.1. The lowest BCUT2D eigenvalue weighted by molar-refractivity contribution is -0.110. The minimum absolute atomic E-state index is 0.0839. The van der Waals surface area contributed by atoms with E-state index in [9.17, 15) is 18.0 Å². The van der Waals surface area contributed by atoms with Crippen LogP contribution in [0.2, 0.25) is 0 Å². The molecule has 0 saturated heterocycles. The van der Waals surface area contributed by atoms with E-state index in [1.54, 1.807) is 30.3 Å². The number of amides is 1. The number of hydrogen-bond donors (Lipinski definition) is 3. The number of rotatable bonds is 9. The maximum atomic E-state index is 13.1. The summed E-state index contributed by atoms with van der Waals surface area (Å²) in [5.41, 5.74) is 3.70. The van der Waals surface area contributed by atoms with Crippen molar-refractivity contribution in [2.75, 3.05) is 48.4 Å². The fourth-order valence-corrected chi connectivity index (χ4v) is 4.99. The number of carbonyl (C=O) groups excluding carboxylic acids is 1. The van der Waals surface area contributed by atoms with Crippen molar-refractivity contribution in [3.05, 3.63) is 83.9 Å². The molecule has 0 spiro atoms. The molecule has 1 heterocycles. The van der Waals surface area contributed by atoms with Gasteiger partial charge in [-0.1, -0.05) is 30.3 Å². The molecule has 0 radical (unpaired) electrons. The zero-order valence-electron chi connectivity index (χ0n) is 21.1. The molecule has 0 atom stereocenters. The monoisotopic (exact) mass is 536 g/mol. The van der Waals surface area contributed by atoms with Crippen LogP contribution in [0.5, 0.6) is 5.75 Å². The second-order valence-electron chi connectivity index (χ2n) is 8.96. The van der Waals surface area contributed by atoms with Crippen LogP contribution in [0.3, 0.4) is 0 Å². The molecule has 0 unspecified atom stereocenters. The van der Waals surface area contributed by atoms with Crippen molar-refractivity contribution < 1.29 is 27.9 Å². The van der Waals surface area contributed by atoms with Gasteiger partial charge in [0.15, 0.2) is 0 Å². The topological polar surface area (TPSA) is 128 Å². The molecule has 1 aliphatic heterocycles. The number of fused-ring (bicyclic) bond motifs is 1. The third kappa shape index (κ3) is 6.13. The molecule has 3 N–H and O–H groups in total. The van der Waals surface area contributed by atoms with E-state index in [4.69, 9.17) is 9.84 Å². The van der Waals surface area contributed by atoms with E-state index >= 15 is 0 Å². The lowest BCUT2D eigenvalue weighted by Crippen LogP contribution is -2.35. The van der Waals surface area contributed by atoms with Gasteiger partial charge in [-0.15, -0.1) is 0 Å². The second-order valence-corrected chi connectivity index (χ2v) is 10.9. The van der Waals surface area contributed by atoms with Gasteiger partial charge in [-0.2, -0.15) is 0 Å². The van der Waals surface area contributed by atoms with E-state index in [0.29, 0.717) is 47.0 Å². The van der Waals surface area contributed by atoms with E-state index in [1.165, 1.54) is 22.7 Å². The molecule has 10 nitrogen and oxygen atoms in total. The molecule has 38 heavy (non-hydrogen) atoms. The van der Waals surface area contributed by atoms with Crippen LogP contribution in [0.4, 0.5) is 21.9 Å². The van der Waals surface area contributed by atoms with E-state index in [-0.39, 0.29) is 11.7 Å². The van der Waals surface area contributed by atoms with Gasteiger partial charge in [0.25, 0.3) is 5.91 Å². The molecule has 0 aliphatic carbocycles. The summed E-state index contributed by atoms with van der Waals surface area (Å²) in [7, 11) is 0.262. The Morgan fingerprint density at radius 2 is 1.68 bits per heavy atom. The Kier molecular flexibility index (Phi) is 7.70. The van der Waals surface area contributed by atoms with Gasteiger partial charge in [-0.3, -0.25) is 9.10 Å². The molecule has 1 aliphatic rings. The molecular weight excluding hydrogens is 508 g/mol. The van der Waals surface area contributed by atoms with Crippen molar-refractivity contribution in [2.45, 2.75) is 0 Å². The van der Waals surface area contributed by atoms with Crippen molar-refractivity contribution in [1.29, 1.82) is 0 Å². The maximum absolute atomic E-state index is 13.1. The highest BCUT2D eigenvalue weighted by molar-refractivity contribution is 7.92. The zero-order chi connectivity index (χ0) is 27.4. The highest BCUT2D eigenvalue weighted by Crippen LogP contribution is 2.39. The fraction of sp³-hybridized carbons (Fsp3) is 0.185. The molecule has 11 heteroatoms. The van der Waals surface area contributed by atoms with Gasteiger partial charge in [0.05, 0.1) is 23.2 Å². The Morgan fingerprint density at radius 1 is 1.00 bits per heavy atom. The number of carboxylic acid groups (broad SMARTS) is 1. The maximum Gasteiger partial charge on any atom is 0.511 e. The van der Waals surface area contributed by atoms with Crippen LogP contribution in [0.15, 0.2) is 72.8 Å². The Labute approximate surface area is 221 Å². The Bertz CT molecular complexity index is 1490. The van der Waals surface area contributed by atoms with Crippen LogP contribution in [-0.2, 0) is 14.8 Å². The van der Waals surface area contributed by atoms with Crippen molar-refractivity contribution in [3.8, 4) is 5.75 Å². The average molecular weight is 537 g/mol.